The first-order chi connectivity index (χ1) is 8.26. The van der Waals surface area contributed by atoms with Crippen LogP contribution in [0.1, 0.15) is 13.8 Å². The van der Waals surface area contributed by atoms with Crippen LogP contribution in [0.3, 0.4) is 0 Å². The summed E-state index contributed by atoms with van der Waals surface area (Å²) in [5.74, 6) is 0. The van der Waals surface area contributed by atoms with Crippen LogP contribution in [0.5, 0.6) is 0 Å². The minimum absolute atomic E-state index is 0.0107. The lowest BCUT2D eigenvalue weighted by Gasteiger charge is -2.06. The van der Waals surface area contributed by atoms with Gasteiger partial charge in [0.25, 0.3) is 0 Å². The number of amides is 2. The molecular weight excluding hydrogens is 220 g/mol. The van der Waals surface area contributed by atoms with Gasteiger partial charge in [0, 0.05) is 5.69 Å². The largest absolute Gasteiger partial charge is 0.451 e. The molecule has 1 N–H and O–H groups in total. The van der Waals surface area contributed by atoms with Crippen LogP contribution in [0.4, 0.5) is 10.5 Å². The van der Waals surface area contributed by atoms with Gasteiger partial charge >= 0.3 is 12.1 Å². The lowest BCUT2D eigenvalue weighted by atomic mass is 10.3. The highest BCUT2D eigenvalue weighted by atomic mass is 16.7. The second kappa shape index (κ2) is 7.27. The molecule has 0 aromatic heterocycles. The SMILES string of the molecule is CCOC(=NC(=O)Nc1ccccc1)OCC. The van der Waals surface area contributed by atoms with E-state index in [4.69, 9.17) is 9.47 Å². The molecular formula is C12H16N2O3. The standard InChI is InChI=1S/C12H16N2O3/c1-3-16-12(17-4-2)14-11(15)13-10-8-6-5-7-9-10/h5-9H,3-4H2,1-2H3,(H,13,15). The number of aliphatic imine (C=N–C) groups is 1. The first-order valence-corrected chi connectivity index (χ1v) is 5.46. The van der Waals surface area contributed by atoms with Crippen molar-refractivity contribution in [3.63, 3.8) is 0 Å². The van der Waals surface area contributed by atoms with Gasteiger partial charge in [0.1, 0.15) is 0 Å². The van der Waals surface area contributed by atoms with Crippen molar-refractivity contribution in [2.24, 2.45) is 4.99 Å². The van der Waals surface area contributed by atoms with Gasteiger partial charge in [-0.15, -0.1) is 4.99 Å². The summed E-state index contributed by atoms with van der Waals surface area (Å²) in [5, 5.41) is 2.60. The van der Waals surface area contributed by atoms with E-state index < -0.39 is 6.03 Å². The maximum Gasteiger partial charge on any atom is 0.393 e. The summed E-state index contributed by atoms with van der Waals surface area (Å²) in [6.07, 6.45) is -0.0107. The predicted octanol–water partition coefficient (Wildman–Crippen LogP) is 2.65. The third kappa shape index (κ3) is 5.01. The summed E-state index contributed by atoms with van der Waals surface area (Å²) < 4.78 is 10.1. The minimum Gasteiger partial charge on any atom is -0.451 e. The van der Waals surface area contributed by atoms with Crippen LogP contribution in [0, 0.1) is 0 Å². The molecule has 17 heavy (non-hydrogen) atoms. The zero-order valence-corrected chi connectivity index (χ0v) is 9.97. The number of anilines is 1. The van der Waals surface area contributed by atoms with Crippen LogP contribution in [0.2, 0.25) is 0 Å². The molecule has 1 aromatic carbocycles. The van der Waals surface area contributed by atoms with Crippen LogP contribution < -0.4 is 5.32 Å². The topological polar surface area (TPSA) is 59.9 Å². The van der Waals surface area contributed by atoms with Gasteiger partial charge in [-0.2, -0.15) is 0 Å². The summed E-state index contributed by atoms with van der Waals surface area (Å²) >= 11 is 0. The molecule has 0 heterocycles. The van der Waals surface area contributed by atoms with Gasteiger partial charge in [0.2, 0.25) is 0 Å². The smallest absolute Gasteiger partial charge is 0.393 e. The summed E-state index contributed by atoms with van der Waals surface area (Å²) in [5.41, 5.74) is 0.675. The van der Waals surface area contributed by atoms with Crippen LogP contribution >= 0.6 is 0 Å². The second-order valence-corrected chi connectivity index (χ2v) is 3.04. The van der Waals surface area contributed by atoms with Crippen molar-refractivity contribution >= 4 is 17.8 Å². The highest BCUT2D eigenvalue weighted by molar-refractivity contribution is 5.96. The van der Waals surface area contributed by atoms with Crippen LogP contribution in [-0.4, -0.2) is 25.3 Å². The Kier molecular flexibility index (Phi) is 5.57. The summed E-state index contributed by atoms with van der Waals surface area (Å²) in [7, 11) is 0. The van der Waals surface area contributed by atoms with Crippen molar-refractivity contribution in [1.29, 1.82) is 0 Å². The van der Waals surface area contributed by atoms with Gasteiger partial charge in [0.05, 0.1) is 13.2 Å². The Morgan fingerprint density at radius 3 is 2.29 bits per heavy atom. The molecule has 92 valence electrons. The fourth-order valence-electron chi connectivity index (χ4n) is 1.11. The van der Waals surface area contributed by atoms with E-state index in [1.807, 2.05) is 18.2 Å². The molecule has 0 aliphatic rings. The lowest BCUT2D eigenvalue weighted by Crippen LogP contribution is -2.15. The van der Waals surface area contributed by atoms with Crippen LogP contribution in [0.25, 0.3) is 0 Å². The number of urea groups is 1. The number of nitrogens with one attached hydrogen (secondary N) is 1. The Hall–Kier alpha value is -2.04. The molecule has 0 saturated heterocycles. The van der Waals surface area contributed by atoms with E-state index in [9.17, 15) is 4.79 Å². The first kappa shape index (κ1) is 13.0. The molecule has 0 aliphatic heterocycles. The van der Waals surface area contributed by atoms with E-state index in [1.54, 1.807) is 26.0 Å². The molecule has 2 amide bonds. The predicted molar refractivity (Wildman–Crippen MR) is 66.1 cm³/mol. The number of carbonyl (C=O) groups is 1. The number of hydrogen-bond acceptors (Lipinski definition) is 3. The molecule has 5 nitrogen and oxygen atoms in total. The Bertz CT molecular complexity index is 369. The number of nitrogens with zero attached hydrogens (tertiary/aromatic N) is 1. The second-order valence-electron chi connectivity index (χ2n) is 3.04. The zero-order chi connectivity index (χ0) is 12.5. The lowest BCUT2D eigenvalue weighted by molar-refractivity contribution is 0.180. The first-order valence-electron chi connectivity index (χ1n) is 5.46. The number of para-hydroxylation sites is 1. The van der Waals surface area contributed by atoms with Crippen molar-refractivity contribution in [2.45, 2.75) is 13.8 Å². The van der Waals surface area contributed by atoms with Crippen molar-refractivity contribution in [3.05, 3.63) is 30.3 Å². The van der Waals surface area contributed by atoms with Gasteiger partial charge < -0.3 is 14.8 Å². The van der Waals surface area contributed by atoms with Crippen LogP contribution in [0.15, 0.2) is 35.3 Å². The number of carbonyl (C=O) groups excluding carboxylic acids is 1. The Labute approximate surface area is 100 Å². The molecule has 0 aliphatic carbocycles. The molecule has 0 radical (unpaired) electrons. The normalized spacial score (nSPS) is 9.29. The van der Waals surface area contributed by atoms with Gasteiger partial charge in [0.15, 0.2) is 0 Å². The van der Waals surface area contributed by atoms with Crippen molar-refractivity contribution < 1.29 is 14.3 Å². The quantitative estimate of drug-likeness (QED) is 0.648. The number of ether oxygens (including phenoxy) is 2. The fraction of sp³-hybridized carbons (Fsp3) is 0.333. The number of rotatable bonds is 3. The molecule has 0 bridgehead atoms. The number of benzene rings is 1. The van der Waals surface area contributed by atoms with E-state index in [1.165, 1.54) is 0 Å². The Balaban J connectivity index is 2.59. The fourth-order valence-corrected chi connectivity index (χ4v) is 1.11. The molecule has 5 heteroatoms. The van der Waals surface area contributed by atoms with E-state index in [0.29, 0.717) is 18.9 Å². The van der Waals surface area contributed by atoms with Gasteiger partial charge in [-0.05, 0) is 26.0 Å². The average molecular weight is 236 g/mol. The highest BCUT2D eigenvalue weighted by Crippen LogP contribution is 2.05. The Morgan fingerprint density at radius 1 is 1.18 bits per heavy atom. The van der Waals surface area contributed by atoms with Crippen molar-refractivity contribution in [2.75, 3.05) is 18.5 Å². The third-order valence-electron chi connectivity index (χ3n) is 1.75. The molecule has 0 saturated carbocycles. The maximum absolute atomic E-state index is 11.5. The maximum atomic E-state index is 11.5. The molecule has 0 atom stereocenters. The summed E-state index contributed by atoms with van der Waals surface area (Å²) in [4.78, 5) is 15.2. The molecule has 0 unspecified atom stereocenters. The minimum atomic E-state index is -0.520. The zero-order valence-electron chi connectivity index (χ0n) is 9.97. The van der Waals surface area contributed by atoms with E-state index in [-0.39, 0.29) is 6.08 Å². The molecule has 0 spiro atoms. The average Bonchev–Trinajstić information content (AvgIpc) is 2.30. The monoisotopic (exact) mass is 236 g/mol. The molecule has 1 aromatic rings. The molecule has 1 rings (SSSR count). The Morgan fingerprint density at radius 2 is 1.76 bits per heavy atom. The van der Waals surface area contributed by atoms with Crippen LogP contribution in [-0.2, 0) is 9.47 Å². The summed E-state index contributed by atoms with van der Waals surface area (Å²) in [6.45, 7) is 4.39. The highest BCUT2D eigenvalue weighted by Gasteiger charge is 2.05. The third-order valence-corrected chi connectivity index (χ3v) is 1.75. The van der Waals surface area contributed by atoms with E-state index >= 15 is 0 Å². The molecule has 0 fully saturated rings. The van der Waals surface area contributed by atoms with Gasteiger partial charge in [-0.1, -0.05) is 18.2 Å². The number of hydrogen-bond donors (Lipinski definition) is 1. The van der Waals surface area contributed by atoms with Crippen molar-refractivity contribution in [3.8, 4) is 0 Å². The summed E-state index contributed by atoms with van der Waals surface area (Å²) in [6, 6.07) is 8.54. The van der Waals surface area contributed by atoms with Crippen molar-refractivity contribution in [1.82, 2.24) is 0 Å². The van der Waals surface area contributed by atoms with E-state index in [2.05, 4.69) is 10.3 Å². The van der Waals surface area contributed by atoms with Gasteiger partial charge in [-0.3, -0.25) is 0 Å². The van der Waals surface area contributed by atoms with Gasteiger partial charge in [-0.25, -0.2) is 4.79 Å². The van der Waals surface area contributed by atoms with E-state index in [0.717, 1.165) is 0 Å².